The summed E-state index contributed by atoms with van der Waals surface area (Å²) in [7, 11) is 0. The van der Waals surface area contributed by atoms with Crippen LogP contribution in [0.2, 0.25) is 0 Å². The molecule has 3 nitrogen and oxygen atoms in total. The van der Waals surface area contributed by atoms with E-state index in [0.717, 1.165) is 39.8 Å². The maximum atomic E-state index is 12.9. The van der Waals surface area contributed by atoms with E-state index in [2.05, 4.69) is 104 Å². The van der Waals surface area contributed by atoms with Crippen LogP contribution in [0.5, 0.6) is 0 Å². The topological polar surface area (TPSA) is 37.4 Å². The van der Waals surface area contributed by atoms with Crippen LogP contribution in [0.1, 0.15) is 45.2 Å². The molecule has 40 heavy (non-hydrogen) atoms. The predicted octanol–water partition coefficient (Wildman–Crippen LogP) is 7.09. The fraction of sp³-hybridized carbons (Fsp3) is 0.0811. The summed E-state index contributed by atoms with van der Waals surface area (Å²) in [5.41, 5.74) is 7.42. The number of hydrogen-bond acceptors (Lipinski definition) is 3. The molecule has 0 aromatic heterocycles. The third-order valence-electron chi connectivity index (χ3n) is 7.46. The van der Waals surface area contributed by atoms with Crippen LogP contribution in [-0.2, 0) is 0 Å². The zero-order valence-electron chi connectivity index (χ0n) is 22.6. The lowest BCUT2D eigenvalue weighted by Crippen LogP contribution is -2.33. The molecule has 0 saturated heterocycles. The standard InChI is InChI=1S/C37H29NO2/c1-3-27-10-4-5-11-28-12-6-7-13-31(28)35(27)38(29-20-16-25(2)17-21-29)30-22-18-26(19-23-30)24-34-36(39)32-14-8-9-15-33(32)37(34)40/h3-4,6-24H,5H2,1-2H3/b10-4-,27-3+,28-11?,35-31+. The van der Waals surface area contributed by atoms with Crippen LogP contribution in [0.15, 0.2) is 126 Å². The minimum atomic E-state index is -0.214. The average Bonchev–Trinajstić information content (AvgIpc) is 3.21. The van der Waals surface area contributed by atoms with Crippen molar-refractivity contribution >= 4 is 40.8 Å². The largest absolute Gasteiger partial charge is 0.309 e. The molecule has 4 aromatic rings. The molecular formula is C37H29NO2. The van der Waals surface area contributed by atoms with Gasteiger partial charge in [-0.1, -0.05) is 103 Å². The molecule has 0 bridgehead atoms. The Hall–Kier alpha value is -5.02. The van der Waals surface area contributed by atoms with Crippen LogP contribution < -0.4 is 15.3 Å². The molecule has 2 aliphatic carbocycles. The first kappa shape index (κ1) is 25.3. The van der Waals surface area contributed by atoms with Crippen LogP contribution in [0.4, 0.5) is 11.4 Å². The second kappa shape index (κ2) is 10.6. The summed E-state index contributed by atoms with van der Waals surface area (Å²) < 4.78 is 0. The minimum absolute atomic E-state index is 0.213. The number of carbonyl (C=O) groups is 2. The van der Waals surface area contributed by atoms with Gasteiger partial charge in [-0.05, 0) is 67.0 Å². The number of carbonyl (C=O) groups excluding carboxylic acids is 2. The van der Waals surface area contributed by atoms with Crippen LogP contribution in [0, 0.1) is 6.92 Å². The SMILES string of the molecule is C/C=C1\C=C/CC=c2cccc\c2=C\1N(c1ccc(C)cc1)c1ccc(C=C2C(=O)c3ccccc3C2=O)cc1. The molecule has 3 heteroatoms. The number of anilines is 2. The first-order valence-electron chi connectivity index (χ1n) is 13.5. The Bertz CT molecular complexity index is 1820. The number of allylic oxidation sites excluding steroid dienone is 3. The van der Waals surface area contributed by atoms with Crippen molar-refractivity contribution in [2.24, 2.45) is 0 Å². The van der Waals surface area contributed by atoms with E-state index < -0.39 is 0 Å². The average molecular weight is 520 g/mol. The van der Waals surface area contributed by atoms with Crippen LogP contribution >= 0.6 is 0 Å². The number of aryl methyl sites for hydroxylation is 1. The van der Waals surface area contributed by atoms with E-state index in [4.69, 9.17) is 0 Å². The van der Waals surface area contributed by atoms with Gasteiger partial charge in [-0.25, -0.2) is 0 Å². The molecule has 0 heterocycles. The van der Waals surface area contributed by atoms with Crippen molar-refractivity contribution in [2.75, 3.05) is 4.90 Å². The van der Waals surface area contributed by atoms with Crippen molar-refractivity contribution in [1.29, 1.82) is 0 Å². The van der Waals surface area contributed by atoms with E-state index in [1.807, 2.05) is 12.1 Å². The van der Waals surface area contributed by atoms with Gasteiger partial charge in [0.25, 0.3) is 0 Å². The van der Waals surface area contributed by atoms with Gasteiger partial charge in [0.05, 0.1) is 11.3 Å². The Kier molecular flexibility index (Phi) is 6.71. The molecule has 0 atom stereocenters. The van der Waals surface area contributed by atoms with Gasteiger partial charge < -0.3 is 4.90 Å². The van der Waals surface area contributed by atoms with Gasteiger partial charge in [0.1, 0.15) is 0 Å². The highest BCUT2D eigenvalue weighted by atomic mass is 16.2. The van der Waals surface area contributed by atoms with Crippen molar-refractivity contribution in [1.82, 2.24) is 0 Å². The summed E-state index contributed by atoms with van der Waals surface area (Å²) in [6, 6.07) is 32.1. The summed E-state index contributed by atoms with van der Waals surface area (Å²) in [5, 5.41) is 2.35. The molecule has 0 aliphatic heterocycles. The lowest BCUT2D eigenvalue weighted by Gasteiger charge is -2.30. The molecule has 0 spiro atoms. The lowest BCUT2D eigenvalue weighted by molar-refractivity contribution is 0.0990. The van der Waals surface area contributed by atoms with Gasteiger partial charge in [0.15, 0.2) is 11.6 Å². The predicted molar refractivity (Wildman–Crippen MR) is 164 cm³/mol. The summed E-state index contributed by atoms with van der Waals surface area (Å²) in [6.45, 7) is 4.16. The normalized spacial score (nSPS) is 17.4. The molecule has 0 radical (unpaired) electrons. The number of ketones is 2. The highest BCUT2D eigenvalue weighted by molar-refractivity contribution is 6.41. The van der Waals surface area contributed by atoms with Crippen molar-refractivity contribution in [3.63, 3.8) is 0 Å². The minimum Gasteiger partial charge on any atom is -0.309 e. The number of nitrogens with zero attached hydrogens (tertiary/aromatic N) is 1. The Balaban J connectivity index is 1.50. The second-order valence-corrected chi connectivity index (χ2v) is 10.0. The Labute approximate surface area is 234 Å². The van der Waals surface area contributed by atoms with E-state index in [9.17, 15) is 9.59 Å². The molecule has 0 amide bonds. The van der Waals surface area contributed by atoms with E-state index in [0.29, 0.717) is 11.1 Å². The van der Waals surface area contributed by atoms with E-state index in [1.54, 1.807) is 30.3 Å². The first-order valence-corrected chi connectivity index (χ1v) is 13.5. The quantitative estimate of drug-likeness (QED) is 0.213. The molecule has 0 N–H and O–H groups in total. The molecule has 4 aromatic carbocycles. The lowest BCUT2D eigenvalue weighted by atomic mass is 10.0. The Morgan fingerprint density at radius 3 is 1.98 bits per heavy atom. The Morgan fingerprint density at radius 2 is 1.32 bits per heavy atom. The third kappa shape index (κ3) is 4.56. The van der Waals surface area contributed by atoms with Crippen LogP contribution in [-0.4, -0.2) is 11.6 Å². The molecule has 0 unspecified atom stereocenters. The molecule has 0 fully saturated rings. The summed E-state index contributed by atoms with van der Waals surface area (Å²) in [6.07, 6.45) is 11.4. The molecule has 194 valence electrons. The summed E-state index contributed by atoms with van der Waals surface area (Å²) in [4.78, 5) is 28.2. The van der Waals surface area contributed by atoms with Gasteiger partial charge in [0, 0.05) is 27.7 Å². The fourth-order valence-corrected chi connectivity index (χ4v) is 5.39. The maximum Gasteiger partial charge on any atom is 0.197 e. The zero-order valence-corrected chi connectivity index (χ0v) is 22.6. The third-order valence-corrected chi connectivity index (χ3v) is 7.46. The van der Waals surface area contributed by atoms with Gasteiger partial charge in [-0.15, -0.1) is 0 Å². The van der Waals surface area contributed by atoms with E-state index >= 15 is 0 Å². The summed E-state index contributed by atoms with van der Waals surface area (Å²) >= 11 is 0. The first-order chi connectivity index (χ1) is 19.5. The highest BCUT2D eigenvalue weighted by Gasteiger charge is 2.32. The summed E-state index contributed by atoms with van der Waals surface area (Å²) in [5.74, 6) is -0.429. The van der Waals surface area contributed by atoms with Crippen molar-refractivity contribution in [2.45, 2.75) is 20.3 Å². The van der Waals surface area contributed by atoms with Gasteiger partial charge in [-0.2, -0.15) is 0 Å². The number of fused-ring (bicyclic) bond motifs is 2. The molecule has 2 aliphatic rings. The zero-order chi connectivity index (χ0) is 27.6. The number of hydrogen-bond donors (Lipinski definition) is 0. The van der Waals surface area contributed by atoms with Gasteiger partial charge in [0.2, 0.25) is 0 Å². The van der Waals surface area contributed by atoms with E-state index in [-0.39, 0.29) is 17.1 Å². The molecule has 0 saturated carbocycles. The highest BCUT2D eigenvalue weighted by Crippen LogP contribution is 2.35. The van der Waals surface area contributed by atoms with Crippen molar-refractivity contribution in [3.8, 4) is 0 Å². The molecular weight excluding hydrogens is 490 g/mol. The Morgan fingerprint density at radius 1 is 0.725 bits per heavy atom. The van der Waals surface area contributed by atoms with Crippen molar-refractivity contribution < 1.29 is 9.59 Å². The molecule has 6 rings (SSSR count). The van der Waals surface area contributed by atoms with Gasteiger partial charge in [-0.3, -0.25) is 9.59 Å². The van der Waals surface area contributed by atoms with Crippen molar-refractivity contribution in [3.05, 3.63) is 159 Å². The number of benzene rings is 4. The maximum absolute atomic E-state index is 12.9. The smallest absolute Gasteiger partial charge is 0.197 e. The number of rotatable bonds is 4. The van der Waals surface area contributed by atoms with E-state index in [1.165, 1.54) is 10.8 Å². The second-order valence-electron chi connectivity index (χ2n) is 10.0. The van der Waals surface area contributed by atoms with Gasteiger partial charge >= 0.3 is 0 Å². The monoisotopic (exact) mass is 519 g/mol. The fourth-order valence-electron chi connectivity index (χ4n) is 5.39. The van der Waals surface area contributed by atoms with Crippen LogP contribution in [0.3, 0.4) is 0 Å². The van der Waals surface area contributed by atoms with Crippen LogP contribution in [0.25, 0.3) is 17.8 Å². The number of Topliss-reactive ketones (excluding diaryl/α,β-unsaturated/α-hetero) is 2.